The first kappa shape index (κ1) is 11.6. The van der Waals surface area contributed by atoms with Crippen molar-refractivity contribution in [2.75, 3.05) is 6.54 Å². The Kier molecular flexibility index (Phi) is 4.38. The average molecular weight is 216 g/mol. The van der Waals surface area contributed by atoms with Crippen LogP contribution in [-0.2, 0) is 0 Å². The van der Waals surface area contributed by atoms with Gasteiger partial charge in [-0.3, -0.25) is 10.1 Å². The Bertz CT molecular complexity index is 478. The summed E-state index contributed by atoms with van der Waals surface area (Å²) in [6.45, 7) is 0.330. The van der Waals surface area contributed by atoms with E-state index in [0.717, 1.165) is 0 Å². The van der Waals surface area contributed by atoms with E-state index in [1.807, 2.05) is 0 Å². The lowest BCUT2D eigenvalue weighted by Crippen LogP contribution is -1.86. The fourth-order valence-corrected chi connectivity index (χ4v) is 0.982. The molecule has 0 heterocycles. The van der Waals surface area contributed by atoms with Gasteiger partial charge in [0.2, 0.25) is 0 Å². The van der Waals surface area contributed by atoms with Crippen molar-refractivity contribution in [1.82, 2.24) is 0 Å². The van der Waals surface area contributed by atoms with Gasteiger partial charge in [0.25, 0.3) is 5.69 Å². The van der Waals surface area contributed by atoms with Crippen molar-refractivity contribution in [3.63, 3.8) is 0 Å². The second-order valence-electron chi connectivity index (χ2n) is 2.81. The van der Waals surface area contributed by atoms with E-state index in [4.69, 9.17) is 5.53 Å². The van der Waals surface area contributed by atoms with Crippen LogP contribution in [0.15, 0.2) is 29.4 Å². The SMILES string of the molecule is [N-]=[N+]=NCCC#Cc1ccc([N+](=O)[O-])cc1. The third kappa shape index (κ3) is 3.70. The molecule has 80 valence electrons. The van der Waals surface area contributed by atoms with Crippen LogP contribution in [0.25, 0.3) is 10.4 Å². The van der Waals surface area contributed by atoms with Crippen LogP contribution in [0, 0.1) is 22.0 Å². The Morgan fingerprint density at radius 2 is 2.12 bits per heavy atom. The van der Waals surface area contributed by atoms with Gasteiger partial charge in [-0.05, 0) is 17.7 Å². The van der Waals surface area contributed by atoms with Crippen molar-refractivity contribution < 1.29 is 4.92 Å². The Morgan fingerprint density at radius 1 is 1.44 bits per heavy atom. The number of nitro groups is 1. The van der Waals surface area contributed by atoms with Crippen LogP contribution in [0.5, 0.6) is 0 Å². The van der Waals surface area contributed by atoms with Crippen LogP contribution in [0.4, 0.5) is 5.69 Å². The minimum Gasteiger partial charge on any atom is -0.258 e. The zero-order valence-electron chi connectivity index (χ0n) is 8.33. The summed E-state index contributed by atoms with van der Waals surface area (Å²) in [4.78, 5) is 12.5. The maximum Gasteiger partial charge on any atom is 0.269 e. The van der Waals surface area contributed by atoms with Gasteiger partial charge >= 0.3 is 0 Å². The molecule has 0 aromatic heterocycles. The molecule has 16 heavy (non-hydrogen) atoms. The molecule has 0 saturated carbocycles. The van der Waals surface area contributed by atoms with E-state index in [-0.39, 0.29) is 5.69 Å². The molecule has 1 rings (SSSR count). The highest BCUT2D eigenvalue weighted by molar-refractivity contribution is 5.40. The molecule has 0 spiro atoms. The summed E-state index contributed by atoms with van der Waals surface area (Å²) in [6.07, 6.45) is 0.473. The second kappa shape index (κ2) is 6.06. The predicted molar refractivity (Wildman–Crippen MR) is 58.6 cm³/mol. The lowest BCUT2D eigenvalue weighted by molar-refractivity contribution is -0.384. The lowest BCUT2D eigenvalue weighted by Gasteiger charge is -1.90. The molecule has 0 aliphatic heterocycles. The van der Waals surface area contributed by atoms with Gasteiger partial charge in [-0.1, -0.05) is 17.0 Å². The number of hydrogen-bond acceptors (Lipinski definition) is 3. The number of rotatable bonds is 3. The third-order valence-corrected chi connectivity index (χ3v) is 1.71. The van der Waals surface area contributed by atoms with Gasteiger partial charge in [0.15, 0.2) is 0 Å². The molecule has 1 aromatic carbocycles. The van der Waals surface area contributed by atoms with Crippen molar-refractivity contribution in [1.29, 1.82) is 0 Å². The normalized spacial score (nSPS) is 8.50. The Labute approximate surface area is 91.7 Å². The maximum absolute atomic E-state index is 10.4. The predicted octanol–water partition coefficient (Wildman–Crippen LogP) is 2.65. The van der Waals surface area contributed by atoms with Crippen LogP contribution >= 0.6 is 0 Å². The maximum atomic E-state index is 10.4. The summed E-state index contributed by atoms with van der Waals surface area (Å²) in [6, 6.07) is 5.96. The highest BCUT2D eigenvalue weighted by atomic mass is 16.6. The molecular weight excluding hydrogens is 208 g/mol. The van der Waals surface area contributed by atoms with Gasteiger partial charge in [-0.2, -0.15) is 0 Å². The van der Waals surface area contributed by atoms with Gasteiger partial charge < -0.3 is 0 Å². The van der Waals surface area contributed by atoms with E-state index in [1.165, 1.54) is 12.1 Å². The van der Waals surface area contributed by atoms with Gasteiger partial charge in [0.1, 0.15) is 0 Å². The summed E-state index contributed by atoms with van der Waals surface area (Å²) in [7, 11) is 0. The first-order valence-electron chi connectivity index (χ1n) is 4.48. The monoisotopic (exact) mass is 216 g/mol. The Hall–Kier alpha value is -2.51. The molecule has 0 aliphatic carbocycles. The Morgan fingerprint density at radius 3 is 2.69 bits per heavy atom. The zero-order valence-corrected chi connectivity index (χ0v) is 8.33. The fraction of sp³-hybridized carbons (Fsp3) is 0.200. The molecule has 0 aliphatic rings. The van der Waals surface area contributed by atoms with Crippen molar-refractivity contribution >= 4 is 5.69 Å². The lowest BCUT2D eigenvalue weighted by atomic mass is 10.2. The molecule has 0 saturated heterocycles. The minimum atomic E-state index is -0.459. The van der Waals surface area contributed by atoms with Crippen molar-refractivity contribution in [3.05, 3.63) is 50.4 Å². The minimum absolute atomic E-state index is 0.0413. The van der Waals surface area contributed by atoms with E-state index in [0.29, 0.717) is 18.5 Å². The molecule has 0 atom stereocenters. The highest BCUT2D eigenvalue weighted by Gasteiger charge is 2.01. The molecule has 0 fully saturated rings. The number of azide groups is 1. The highest BCUT2D eigenvalue weighted by Crippen LogP contribution is 2.10. The summed E-state index contributed by atoms with van der Waals surface area (Å²) >= 11 is 0. The largest absolute Gasteiger partial charge is 0.269 e. The van der Waals surface area contributed by atoms with E-state index < -0.39 is 4.92 Å². The van der Waals surface area contributed by atoms with E-state index in [9.17, 15) is 10.1 Å². The van der Waals surface area contributed by atoms with Crippen LogP contribution in [0.3, 0.4) is 0 Å². The van der Waals surface area contributed by atoms with Crippen LogP contribution < -0.4 is 0 Å². The standard InChI is InChI=1S/C10H8N4O2/c11-13-12-8-2-1-3-9-4-6-10(7-5-9)14(15)16/h4-7H,2,8H2. The van der Waals surface area contributed by atoms with Crippen molar-refractivity contribution in [3.8, 4) is 11.8 Å². The van der Waals surface area contributed by atoms with Crippen molar-refractivity contribution in [2.24, 2.45) is 5.11 Å². The Balaban J connectivity index is 2.61. The van der Waals surface area contributed by atoms with Crippen molar-refractivity contribution in [2.45, 2.75) is 6.42 Å². The third-order valence-electron chi connectivity index (χ3n) is 1.71. The smallest absolute Gasteiger partial charge is 0.258 e. The number of benzene rings is 1. The van der Waals surface area contributed by atoms with Gasteiger partial charge in [-0.15, -0.1) is 0 Å². The quantitative estimate of drug-likeness (QED) is 0.148. The summed E-state index contributed by atoms with van der Waals surface area (Å²) in [5.74, 6) is 5.61. The first-order chi connectivity index (χ1) is 7.74. The summed E-state index contributed by atoms with van der Waals surface area (Å²) in [5.41, 5.74) is 8.75. The van der Waals surface area contributed by atoms with Gasteiger partial charge in [0, 0.05) is 35.6 Å². The molecule has 0 N–H and O–H groups in total. The fourth-order valence-electron chi connectivity index (χ4n) is 0.982. The molecule has 0 bridgehead atoms. The molecule has 0 amide bonds. The van der Waals surface area contributed by atoms with E-state index in [2.05, 4.69) is 21.9 Å². The summed E-state index contributed by atoms with van der Waals surface area (Å²) in [5, 5.41) is 13.7. The topological polar surface area (TPSA) is 91.9 Å². The number of non-ortho nitro benzene ring substituents is 1. The molecule has 6 nitrogen and oxygen atoms in total. The zero-order chi connectivity index (χ0) is 11.8. The van der Waals surface area contributed by atoms with Crippen LogP contribution in [0.2, 0.25) is 0 Å². The molecule has 0 unspecified atom stereocenters. The van der Waals surface area contributed by atoms with E-state index >= 15 is 0 Å². The van der Waals surface area contributed by atoms with Crippen LogP contribution in [-0.4, -0.2) is 11.5 Å². The number of hydrogen-bond donors (Lipinski definition) is 0. The molecule has 0 radical (unpaired) electrons. The number of nitro benzene ring substituents is 1. The molecular formula is C10H8N4O2. The molecule has 1 aromatic rings. The molecule has 6 heteroatoms. The summed E-state index contributed by atoms with van der Waals surface area (Å²) < 4.78 is 0. The first-order valence-corrected chi connectivity index (χ1v) is 4.48. The van der Waals surface area contributed by atoms with Gasteiger partial charge in [0.05, 0.1) is 4.92 Å². The second-order valence-corrected chi connectivity index (χ2v) is 2.81. The number of nitrogens with zero attached hydrogens (tertiary/aromatic N) is 4. The average Bonchev–Trinajstić information content (AvgIpc) is 2.29. The van der Waals surface area contributed by atoms with E-state index in [1.54, 1.807) is 12.1 Å². The van der Waals surface area contributed by atoms with Crippen LogP contribution in [0.1, 0.15) is 12.0 Å². The van der Waals surface area contributed by atoms with Gasteiger partial charge in [-0.25, -0.2) is 0 Å².